The molecule has 0 heterocycles. The second kappa shape index (κ2) is 7.12. The fourth-order valence-corrected chi connectivity index (χ4v) is 3.47. The molecule has 0 bridgehead atoms. The summed E-state index contributed by atoms with van der Waals surface area (Å²) in [6.07, 6.45) is 8.15. The molecule has 1 aliphatic carbocycles. The van der Waals surface area contributed by atoms with E-state index >= 15 is 0 Å². The second-order valence-corrected chi connectivity index (χ2v) is 6.47. The summed E-state index contributed by atoms with van der Waals surface area (Å²) in [6.45, 7) is 7.16. The van der Waals surface area contributed by atoms with Gasteiger partial charge in [0.05, 0.1) is 0 Å². The highest BCUT2D eigenvalue weighted by Gasteiger charge is 2.20. The van der Waals surface area contributed by atoms with Crippen LogP contribution in [0.5, 0.6) is 5.75 Å². The molecule has 2 nitrogen and oxygen atoms in total. The van der Waals surface area contributed by atoms with E-state index < -0.39 is 0 Å². The van der Waals surface area contributed by atoms with Gasteiger partial charge in [-0.3, -0.25) is 0 Å². The molecule has 1 aliphatic rings. The van der Waals surface area contributed by atoms with E-state index in [0.717, 1.165) is 23.6 Å². The number of benzene rings is 1. The van der Waals surface area contributed by atoms with E-state index in [2.05, 4.69) is 24.4 Å². The fraction of sp³-hybridized carbons (Fsp3) is 0.667. The van der Waals surface area contributed by atoms with Gasteiger partial charge >= 0.3 is 0 Å². The van der Waals surface area contributed by atoms with Gasteiger partial charge in [-0.1, -0.05) is 31.9 Å². The molecule has 112 valence electrons. The van der Waals surface area contributed by atoms with Crippen LogP contribution in [0.25, 0.3) is 0 Å². The van der Waals surface area contributed by atoms with Crippen LogP contribution >= 0.6 is 0 Å². The van der Waals surface area contributed by atoms with Gasteiger partial charge in [-0.2, -0.15) is 0 Å². The lowest BCUT2D eigenvalue weighted by Crippen LogP contribution is -2.32. The summed E-state index contributed by atoms with van der Waals surface area (Å²) in [4.78, 5) is 0. The molecule has 1 fully saturated rings. The Morgan fingerprint density at radius 3 is 2.25 bits per heavy atom. The molecule has 0 atom stereocenters. The topological polar surface area (TPSA) is 32.3 Å². The molecule has 0 saturated heterocycles. The van der Waals surface area contributed by atoms with Gasteiger partial charge in [-0.15, -0.1) is 0 Å². The molecule has 2 N–H and O–H groups in total. The third-order valence-corrected chi connectivity index (χ3v) is 4.69. The van der Waals surface area contributed by atoms with Crippen LogP contribution in [0, 0.1) is 19.8 Å². The smallest absolute Gasteiger partial charge is 0.121 e. The second-order valence-electron chi connectivity index (χ2n) is 6.47. The van der Waals surface area contributed by atoms with Gasteiger partial charge in [0.1, 0.15) is 5.75 Å². The normalized spacial score (nSPS) is 22.9. The highest BCUT2D eigenvalue weighted by molar-refractivity contribution is 5.42. The molecule has 0 aliphatic heterocycles. The van der Waals surface area contributed by atoms with Gasteiger partial charge in [0.2, 0.25) is 0 Å². The number of hydrogen-bond donors (Lipinski definition) is 2. The Morgan fingerprint density at radius 2 is 1.70 bits per heavy atom. The predicted molar refractivity (Wildman–Crippen MR) is 85.1 cm³/mol. The zero-order chi connectivity index (χ0) is 14.5. The van der Waals surface area contributed by atoms with E-state index in [-0.39, 0.29) is 0 Å². The predicted octanol–water partition coefficient (Wildman–Crippen LogP) is 4.46. The van der Waals surface area contributed by atoms with E-state index in [9.17, 15) is 5.11 Å². The Bertz CT molecular complexity index is 410. The lowest BCUT2D eigenvalue weighted by molar-refractivity contribution is 0.277. The lowest BCUT2D eigenvalue weighted by atomic mass is 9.83. The standard InChI is InChI=1S/C18H29NO/c1-4-5-15-6-8-17(9-7-15)19-12-16-10-13(2)18(20)14(3)11-16/h10-11,15,17,19-20H,4-9,12H2,1-3H3. The zero-order valence-corrected chi connectivity index (χ0v) is 13.2. The summed E-state index contributed by atoms with van der Waals surface area (Å²) in [6, 6.07) is 4.87. The first-order chi connectivity index (χ1) is 9.60. The Hall–Kier alpha value is -1.02. The maximum absolute atomic E-state index is 9.81. The first-order valence-corrected chi connectivity index (χ1v) is 8.12. The Balaban J connectivity index is 1.82. The van der Waals surface area contributed by atoms with Crippen molar-refractivity contribution in [2.45, 2.75) is 71.9 Å². The minimum atomic E-state index is 0.439. The molecule has 2 heteroatoms. The van der Waals surface area contributed by atoms with Crippen LogP contribution in [0.15, 0.2) is 12.1 Å². The van der Waals surface area contributed by atoms with Crippen LogP contribution in [0.2, 0.25) is 0 Å². The summed E-state index contributed by atoms with van der Waals surface area (Å²) in [7, 11) is 0. The van der Waals surface area contributed by atoms with E-state index in [1.54, 1.807) is 0 Å². The van der Waals surface area contributed by atoms with Crippen LogP contribution < -0.4 is 5.32 Å². The molecule has 0 aromatic heterocycles. The summed E-state index contributed by atoms with van der Waals surface area (Å²) in [5, 5.41) is 13.5. The third-order valence-electron chi connectivity index (χ3n) is 4.69. The van der Waals surface area contributed by atoms with Crippen molar-refractivity contribution in [2.24, 2.45) is 5.92 Å². The molecule has 1 aromatic rings. The van der Waals surface area contributed by atoms with Crippen molar-refractivity contribution in [1.29, 1.82) is 0 Å². The first kappa shape index (κ1) is 15.4. The van der Waals surface area contributed by atoms with Gasteiger partial charge in [0.15, 0.2) is 0 Å². The molecule has 20 heavy (non-hydrogen) atoms. The molecule has 1 saturated carbocycles. The highest BCUT2D eigenvalue weighted by atomic mass is 16.3. The average Bonchev–Trinajstić information content (AvgIpc) is 2.44. The number of hydrogen-bond acceptors (Lipinski definition) is 2. The van der Waals surface area contributed by atoms with Crippen molar-refractivity contribution < 1.29 is 5.11 Å². The van der Waals surface area contributed by atoms with Crippen LogP contribution in [-0.2, 0) is 6.54 Å². The number of aryl methyl sites for hydroxylation is 2. The van der Waals surface area contributed by atoms with Crippen LogP contribution in [-0.4, -0.2) is 11.1 Å². The van der Waals surface area contributed by atoms with Crippen molar-refractivity contribution in [3.63, 3.8) is 0 Å². The van der Waals surface area contributed by atoms with Crippen molar-refractivity contribution in [3.8, 4) is 5.75 Å². The molecule has 0 unspecified atom stereocenters. The van der Waals surface area contributed by atoms with E-state index in [0.29, 0.717) is 11.8 Å². The SMILES string of the molecule is CCCC1CCC(NCc2cc(C)c(O)c(C)c2)CC1. The fourth-order valence-electron chi connectivity index (χ4n) is 3.47. The minimum Gasteiger partial charge on any atom is -0.507 e. The number of rotatable bonds is 5. The Labute approximate surface area is 123 Å². The first-order valence-electron chi connectivity index (χ1n) is 8.12. The van der Waals surface area contributed by atoms with Gasteiger partial charge in [-0.05, 0) is 62.1 Å². The molecular formula is C18H29NO. The Kier molecular flexibility index (Phi) is 5.47. The third kappa shape index (κ3) is 3.99. The quantitative estimate of drug-likeness (QED) is 0.831. The van der Waals surface area contributed by atoms with Crippen molar-refractivity contribution in [2.75, 3.05) is 0 Å². The van der Waals surface area contributed by atoms with Crippen LogP contribution in [0.3, 0.4) is 0 Å². The largest absolute Gasteiger partial charge is 0.507 e. The van der Waals surface area contributed by atoms with Crippen molar-refractivity contribution in [3.05, 3.63) is 28.8 Å². The average molecular weight is 275 g/mol. The molecule has 0 amide bonds. The van der Waals surface area contributed by atoms with E-state index in [1.807, 2.05) is 13.8 Å². The van der Waals surface area contributed by atoms with E-state index in [4.69, 9.17) is 0 Å². The number of phenols is 1. The van der Waals surface area contributed by atoms with Gasteiger partial charge < -0.3 is 10.4 Å². The summed E-state index contributed by atoms with van der Waals surface area (Å²) in [5.74, 6) is 1.41. The summed E-state index contributed by atoms with van der Waals surface area (Å²) in [5.41, 5.74) is 3.25. The number of nitrogens with one attached hydrogen (secondary N) is 1. The summed E-state index contributed by atoms with van der Waals surface area (Å²) < 4.78 is 0. The summed E-state index contributed by atoms with van der Waals surface area (Å²) >= 11 is 0. The van der Waals surface area contributed by atoms with Crippen LogP contribution in [0.4, 0.5) is 0 Å². The van der Waals surface area contributed by atoms with Crippen LogP contribution in [0.1, 0.15) is 62.1 Å². The molecule has 1 aromatic carbocycles. The minimum absolute atomic E-state index is 0.439. The lowest BCUT2D eigenvalue weighted by Gasteiger charge is -2.29. The molecule has 0 radical (unpaired) electrons. The molecule has 0 spiro atoms. The number of aromatic hydroxyl groups is 1. The van der Waals surface area contributed by atoms with E-state index in [1.165, 1.54) is 44.1 Å². The number of phenolic OH excluding ortho intramolecular Hbond substituents is 1. The highest BCUT2D eigenvalue weighted by Crippen LogP contribution is 2.28. The Morgan fingerprint density at radius 1 is 1.10 bits per heavy atom. The molecule has 2 rings (SSSR count). The van der Waals surface area contributed by atoms with Gasteiger partial charge in [0, 0.05) is 12.6 Å². The zero-order valence-electron chi connectivity index (χ0n) is 13.2. The maximum atomic E-state index is 9.81. The monoisotopic (exact) mass is 275 g/mol. The molecular weight excluding hydrogens is 246 g/mol. The van der Waals surface area contributed by atoms with Crippen molar-refractivity contribution in [1.82, 2.24) is 5.32 Å². The van der Waals surface area contributed by atoms with Gasteiger partial charge in [0.25, 0.3) is 0 Å². The maximum Gasteiger partial charge on any atom is 0.121 e. The van der Waals surface area contributed by atoms with Gasteiger partial charge in [-0.25, -0.2) is 0 Å². The van der Waals surface area contributed by atoms with Crippen molar-refractivity contribution >= 4 is 0 Å².